The molecule has 0 spiro atoms. The van der Waals surface area contributed by atoms with Crippen LogP contribution >= 0.6 is 0 Å². The largest absolute Gasteiger partial charge is 0.350 e. The Balaban J connectivity index is 1.60. The zero-order chi connectivity index (χ0) is 26.7. The first-order valence-corrected chi connectivity index (χ1v) is 12.9. The zero-order valence-electron chi connectivity index (χ0n) is 21.6. The first-order valence-electron chi connectivity index (χ1n) is 12.9. The number of halogens is 1. The summed E-state index contributed by atoms with van der Waals surface area (Å²) in [5.41, 5.74) is 4.93. The molecule has 4 rings (SSSR count). The Morgan fingerprint density at radius 3 is 1.95 bits per heavy atom. The number of hydrogen-bond acceptors (Lipinski definition) is 2. The van der Waals surface area contributed by atoms with E-state index in [0.29, 0.717) is 19.4 Å². The first kappa shape index (κ1) is 26.8. The predicted octanol–water partition coefficient (Wildman–Crippen LogP) is 6.02. The predicted molar refractivity (Wildman–Crippen MR) is 149 cm³/mol. The Hall–Kier alpha value is -4.25. The maximum atomic E-state index is 13.7. The Morgan fingerprint density at radius 1 is 0.737 bits per heavy atom. The van der Waals surface area contributed by atoms with Crippen LogP contribution in [0, 0.1) is 12.7 Å². The molecule has 0 saturated heterocycles. The lowest BCUT2D eigenvalue weighted by Gasteiger charge is -2.32. The quantitative estimate of drug-likeness (QED) is 0.269. The normalized spacial score (nSPS) is 11.5. The number of hydrogen-bond donors (Lipinski definition) is 1. The van der Waals surface area contributed by atoms with Gasteiger partial charge in [-0.15, -0.1) is 0 Å². The van der Waals surface area contributed by atoms with Crippen LogP contribution in [0.3, 0.4) is 0 Å². The van der Waals surface area contributed by atoms with Gasteiger partial charge in [-0.1, -0.05) is 103 Å². The van der Waals surface area contributed by atoms with Gasteiger partial charge in [-0.25, -0.2) is 4.39 Å². The zero-order valence-corrected chi connectivity index (χ0v) is 21.6. The summed E-state index contributed by atoms with van der Waals surface area (Å²) in [6.07, 6.45) is 1.21. The van der Waals surface area contributed by atoms with Crippen molar-refractivity contribution >= 4 is 11.8 Å². The number of amides is 2. The second kappa shape index (κ2) is 13.3. The monoisotopic (exact) mass is 508 g/mol. The number of carbonyl (C=O) groups is 2. The summed E-state index contributed by atoms with van der Waals surface area (Å²) in [6.45, 7) is 2.60. The molecular formula is C33H33FN2O2. The van der Waals surface area contributed by atoms with Crippen LogP contribution in [0.1, 0.15) is 34.2 Å². The lowest BCUT2D eigenvalue weighted by Crippen LogP contribution is -2.50. The number of rotatable bonds is 11. The summed E-state index contributed by atoms with van der Waals surface area (Å²) in [4.78, 5) is 29.0. The summed E-state index contributed by atoms with van der Waals surface area (Å²) >= 11 is 0. The number of aryl methyl sites for hydroxylation is 2. The molecule has 194 valence electrons. The minimum Gasteiger partial charge on any atom is -0.350 e. The fourth-order valence-electron chi connectivity index (χ4n) is 4.39. The van der Waals surface area contributed by atoms with E-state index < -0.39 is 6.04 Å². The van der Waals surface area contributed by atoms with Gasteiger partial charge in [0, 0.05) is 25.9 Å². The number of carbonyl (C=O) groups excluding carboxylic acids is 2. The number of benzene rings is 4. The molecule has 1 N–H and O–H groups in total. The third-order valence-electron chi connectivity index (χ3n) is 6.59. The lowest BCUT2D eigenvalue weighted by atomic mass is 10.0. The molecule has 0 fully saturated rings. The van der Waals surface area contributed by atoms with E-state index in [1.807, 2.05) is 91.9 Å². The van der Waals surface area contributed by atoms with Crippen LogP contribution in [0.4, 0.5) is 4.39 Å². The van der Waals surface area contributed by atoms with Gasteiger partial charge in [-0.05, 0) is 47.7 Å². The topological polar surface area (TPSA) is 49.4 Å². The van der Waals surface area contributed by atoms with Crippen LogP contribution in [0.5, 0.6) is 0 Å². The van der Waals surface area contributed by atoms with E-state index in [1.165, 1.54) is 12.1 Å². The fourth-order valence-corrected chi connectivity index (χ4v) is 4.39. The van der Waals surface area contributed by atoms with Gasteiger partial charge >= 0.3 is 0 Å². The summed E-state index contributed by atoms with van der Waals surface area (Å²) < 4.78 is 13.6. The van der Waals surface area contributed by atoms with Gasteiger partial charge in [0.1, 0.15) is 11.9 Å². The molecule has 0 bridgehead atoms. The number of nitrogens with zero attached hydrogens (tertiary/aromatic N) is 1. The minimum absolute atomic E-state index is 0.121. The molecule has 1 atom stereocenters. The van der Waals surface area contributed by atoms with Crippen LogP contribution in [0.2, 0.25) is 0 Å². The lowest BCUT2D eigenvalue weighted by molar-refractivity contribution is -0.141. The number of nitrogens with one attached hydrogen (secondary N) is 1. The van der Waals surface area contributed by atoms with Crippen LogP contribution in [0.15, 0.2) is 109 Å². The second-order valence-electron chi connectivity index (χ2n) is 9.54. The van der Waals surface area contributed by atoms with Crippen molar-refractivity contribution in [3.8, 4) is 0 Å². The summed E-state index contributed by atoms with van der Waals surface area (Å²) in [6, 6.07) is 32.9. The Labute approximate surface area is 224 Å². The Kier molecular flexibility index (Phi) is 9.41. The standard InChI is InChI=1S/C33H33FN2O2/c1-25-12-14-28(15-13-25)23-35-33(38)31(22-27-10-6-3-7-11-27)36(24-29-16-19-30(34)20-17-29)32(37)21-18-26-8-4-2-5-9-26/h2-17,19-20,31H,18,21-24H2,1H3,(H,35,38)/t31-/m1/s1. The smallest absolute Gasteiger partial charge is 0.243 e. The van der Waals surface area contributed by atoms with Gasteiger partial charge in [-0.2, -0.15) is 0 Å². The van der Waals surface area contributed by atoms with Crippen molar-refractivity contribution in [3.05, 3.63) is 143 Å². The van der Waals surface area contributed by atoms with E-state index in [1.54, 1.807) is 17.0 Å². The maximum Gasteiger partial charge on any atom is 0.243 e. The highest BCUT2D eigenvalue weighted by atomic mass is 19.1. The van der Waals surface area contributed by atoms with Crippen LogP contribution < -0.4 is 5.32 Å². The summed E-state index contributed by atoms with van der Waals surface area (Å²) in [5.74, 6) is -0.679. The fraction of sp³-hybridized carbons (Fsp3) is 0.212. The Morgan fingerprint density at radius 2 is 1.32 bits per heavy atom. The van der Waals surface area contributed by atoms with Crippen LogP contribution in [-0.2, 0) is 35.5 Å². The third kappa shape index (κ3) is 7.87. The molecule has 0 heterocycles. The maximum absolute atomic E-state index is 13.7. The van der Waals surface area contributed by atoms with Gasteiger partial charge in [-0.3, -0.25) is 9.59 Å². The van der Waals surface area contributed by atoms with E-state index in [4.69, 9.17) is 0 Å². The van der Waals surface area contributed by atoms with Crippen molar-refractivity contribution in [1.82, 2.24) is 10.2 Å². The van der Waals surface area contributed by atoms with Crippen LogP contribution in [-0.4, -0.2) is 22.8 Å². The highest BCUT2D eigenvalue weighted by molar-refractivity contribution is 5.88. The molecule has 4 aromatic rings. The van der Waals surface area contributed by atoms with Crippen molar-refractivity contribution in [1.29, 1.82) is 0 Å². The van der Waals surface area contributed by atoms with Gasteiger partial charge in [0.25, 0.3) is 0 Å². The first-order chi connectivity index (χ1) is 18.5. The van der Waals surface area contributed by atoms with Crippen molar-refractivity contribution < 1.29 is 14.0 Å². The van der Waals surface area contributed by atoms with Crippen molar-refractivity contribution in [2.45, 2.75) is 45.3 Å². The van der Waals surface area contributed by atoms with E-state index >= 15 is 0 Å². The van der Waals surface area contributed by atoms with E-state index in [9.17, 15) is 14.0 Å². The molecule has 2 amide bonds. The molecule has 0 aliphatic carbocycles. The van der Waals surface area contributed by atoms with Gasteiger partial charge in [0.05, 0.1) is 0 Å². The molecule has 0 unspecified atom stereocenters. The summed E-state index contributed by atoms with van der Waals surface area (Å²) in [5, 5.41) is 3.05. The summed E-state index contributed by atoms with van der Waals surface area (Å²) in [7, 11) is 0. The van der Waals surface area contributed by atoms with Crippen molar-refractivity contribution in [3.63, 3.8) is 0 Å². The van der Waals surface area contributed by atoms with E-state index in [2.05, 4.69) is 5.32 Å². The van der Waals surface area contributed by atoms with E-state index in [-0.39, 0.29) is 30.6 Å². The molecule has 5 heteroatoms. The van der Waals surface area contributed by atoms with Crippen LogP contribution in [0.25, 0.3) is 0 Å². The van der Waals surface area contributed by atoms with Gasteiger partial charge < -0.3 is 10.2 Å². The van der Waals surface area contributed by atoms with Gasteiger partial charge in [0.15, 0.2) is 0 Å². The molecule has 0 radical (unpaired) electrons. The minimum atomic E-state index is -0.726. The molecule has 0 aliphatic heterocycles. The van der Waals surface area contributed by atoms with E-state index in [0.717, 1.165) is 27.8 Å². The molecule has 0 aliphatic rings. The van der Waals surface area contributed by atoms with Gasteiger partial charge in [0.2, 0.25) is 11.8 Å². The SMILES string of the molecule is Cc1ccc(CNC(=O)[C@@H](Cc2ccccc2)N(Cc2ccc(F)cc2)C(=O)CCc2ccccc2)cc1. The molecule has 0 aromatic heterocycles. The molecule has 38 heavy (non-hydrogen) atoms. The molecule has 0 saturated carbocycles. The second-order valence-corrected chi connectivity index (χ2v) is 9.54. The van der Waals surface area contributed by atoms with Crippen molar-refractivity contribution in [2.24, 2.45) is 0 Å². The molecular weight excluding hydrogens is 475 g/mol. The highest BCUT2D eigenvalue weighted by Gasteiger charge is 2.30. The Bertz CT molecular complexity index is 1310. The molecule has 4 aromatic carbocycles. The highest BCUT2D eigenvalue weighted by Crippen LogP contribution is 2.18. The third-order valence-corrected chi connectivity index (χ3v) is 6.59. The average Bonchev–Trinajstić information content (AvgIpc) is 2.95. The van der Waals surface area contributed by atoms with Crippen molar-refractivity contribution in [2.75, 3.05) is 0 Å². The average molecular weight is 509 g/mol. The molecule has 4 nitrogen and oxygen atoms in total.